The van der Waals surface area contributed by atoms with Crippen LogP contribution >= 0.6 is 0 Å². The lowest BCUT2D eigenvalue weighted by Gasteiger charge is -2.32. The average Bonchev–Trinajstić information content (AvgIpc) is 2.82. The molecule has 0 aliphatic heterocycles. The minimum absolute atomic E-state index is 0.182. The van der Waals surface area contributed by atoms with Crippen molar-refractivity contribution in [2.45, 2.75) is 71.7 Å². The van der Waals surface area contributed by atoms with Gasteiger partial charge in [0.2, 0.25) is 0 Å². The van der Waals surface area contributed by atoms with E-state index in [1.165, 1.54) is 20.3 Å². The second-order valence-electron chi connectivity index (χ2n) is 8.53. The molecule has 0 spiro atoms. The molecule has 0 N–H and O–H groups in total. The zero-order valence-electron chi connectivity index (χ0n) is 20.6. The molecule has 0 atom stereocenters. The van der Waals surface area contributed by atoms with Gasteiger partial charge in [0.1, 0.15) is 5.75 Å². The maximum absolute atomic E-state index is 12.5. The summed E-state index contributed by atoms with van der Waals surface area (Å²) in [5.74, 6) is -2.89. The predicted molar refractivity (Wildman–Crippen MR) is 135 cm³/mol. The monoisotopic (exact) mass is 464 g/mol. The fraction of sp³-hybridized carbons (Fsp3) is 0.379. The van der Waals surface area contributed by atoms with Gasteiger partial charge in [-0.2, -0.15) is 0 Å². The zero-order valence-corrected chi connectivity index (χ0v) is 20.6. The standard InChI is InChI=1S/C29H36O5/c1-6-7-8-9-10-14-21-29(33-27(30)22(2)3,34-28(31)23(4)5)32-26-19-17-25(18-20-26)24-15-12-11-13-16-24/h11-13,15-20H,2,4,6-10,14,21H2,1,3,5H3. The van der Waals surface area contributed by atoms with E-state index >= 15 is 0 Å². The molecular formula is C29H36O5. The summed E-state index contributed by atoms with van der Waals surface area (Å²) in [7, 11) is 0. The van der Waals surface area contributed by atoms with Crippen molar-refractivity contribution < 1.29 is 23.8 Å². The van der Waals surface area contributed by atoms with Crippen LogP contribution in [0.25, 0.3) is 11.1 Å². The number of unbranched alkanes of at least 4 members (excludes halogenated alkanes) is 5. The van der Waals surface area contributed by atoms with E-state index in [1.807, 2.05) is 42.5 Å². The Morgan fingerprint density at radius 2 is 1.24 bits per heavy atom. The van der Waals surface area contributed by atoms with Crippen molar-refractivity contribution in [1.29, 1.82) is 0 Å². The van der Waals surface area contributed by atoms with Crippen molar-refractivity contribution in [3.63, 3.8) is 0 Å². The molecule has 5 nitrogen and oxygen atoms in total. The third-order valence-corrected chi connectivity index (χ3v) is 5.26. The minimum Gasteiger partial charge on any atom is -0.420 e. The Morgan fingerprint density at radius 1 is 0.735 bits per heavy atom. The Morgan fingerprint density at radius 3 is 1.76 bits per heavy atom. The zero-order chi connectivity index (χ0) is 25.0. The summed E-state index contributed by atoms with van der Waals surface area (Å²) in [4.78, 5) is 25.0. The van der Waals surface area contributed by atoms with Gasteiger partial charge in [-0.3, -0.25) is 0 Å². The largest absolute Gasteiger partial charge is 0.421 e. The van der Waals surface area contributed by atoms with E-state index in [4.69, 9.17) is 14.2 Å². The summed E-state index contributed by atoms with van der Waals surface area (Å²) in [6.45, 7) is 12.5. The summed E-state index contributed by atoms with van der Waals surface area (Å²) in [6, 6.07) is 17.3. The summed E-state index contributed by atoms with van der Waals surface area (Å²) < 4.78 is 17.3. The SMILES string of the molecule is C=C(C)C(=O)OC(CCCCCCCC)(OC(=O)C(=C)C)Oc1ccc(-c2ccccc2)cc1. The number of hydrogen-bond acceptors (Lipinski definition) is 5. The van der Waals surface area contributed by atoms with E-state index in [9.17, 15) is 9.59 Å². The van der Waals surface area contributed by atoms with Gasteiger partial charge in [0, 0.05) is 11.1 Å². The predicted octanol–water partition coefficient (Wildman–Crippen LogP) is 7.38. The molecule has 0 unspecified atom stereocenters. The Balaban J connectivity index is 2.29. The van der Waals surface area contributed by atoms with Gasteiger partial charge in [0.05, 0.1) is 6.42 Å². The normalized spacial score (nSPS) is 10.9. The van der Waals surface area contributed by atoms with Crippen LogP contribution in [0.15, 0.2) is 78.9 Å². The van der Waals surface area contributed by atoms with Crippen molar-refractivity contribution >= 4 is 11.9 Å². The maximum Gasteiger partial charge on any atom is 0.421 e. The second kappa shape index (κ2) is 13.4. The van der Waals surface area contributed by atoms with Gasteiger partial charge >= 0.3 is 17.9 Å². The molecule has 0 saturated carbocycles. The highest BCUT2D eigenvalue weighted by molar-refractivity contribution is 5.89. The van der Waals surface area contributed by atoms with Crippen LogP contribution in [0.2, 0.25) is 0 Å². The summed E-state index contributed by atoms with van der Waals surface area (Å²) >= 11 is 0. The highest BCUT2D eigenvalue weighted by Crippen LogP contribution is 2.30. The minimum atomic E-state index is -1.91. The molecule has 0 heterocycles. The molecule has 34 heavy (non-hydrogen) atoms. The first-order chi connectivity index (χ1) is 16.3. The van der Waals surface area contributed by atoms with Crippen LogP contribution in [0.4, 0.5) is 0 Å². The fourth-order valence-corrected chi connectivity index (χ4v) is 3.32. The third kappa shape index (κ3) is 8.54. The van der Waals surface area contributed by atoms with Crippen LogP contribution in [0, 0.1) is 0 Å². The van der Waals surface area contributed by atoms with Crippen LogP contribution in [-0.2, 0) is 19.1 Å². The third-order valence-electron chi connectivity index (χ3n) is 5.26. The molecule has 0 amide bonds. The van der Waals surface area contributed by atoms with E-state index in [1.54, 1.807) is 12.1 Å². The molecule has 0 aliphatic rings. The van der Waals surface area contributed by atoms with Crippen molar-refractivity contribution in [3.05, 3.63) is 78.9 Å². The maximum atomic E-state index is 12.5. The molecule has 0 fully saturated rings. The number of rotatable bonds is 14. The molecule has 0 saturated heterocycles. The topological polar surface area (TPSA) is 61.8 Å². The van der Waals surface area contributed by atoms with Gasteiger partial charge in [-0.1, -0.05) is 94.7 Å². The second-order valence-corrected chi connectivity index (χ2v) is 8.53. The molecule has 0 radical (unpaired) electrons. The molecular weight excluding hydrogens is 428 g/mol. The average molecular weight is 465 g/mol. The Hall–Kier alpha value is -3.34. The molecule has 182 valence electrons. The van der Waals surface area contributed by atoms with Gasteiger partial charge in [-0.05, 0) is 43.5 Å². The number of hydrogen-bond donors (Lipinski definition) is 0. The smallest absolute Gasteiger partial charge is 0.420 e. The van der Waals surface area contributed by atoms with Crippen LogP contribution < -0.4 is 4.74 Å². The number of carbonyl (C=O) groups excluding carboxylic acids is 2. The Kier molecular flexibility index (Phi) is 10.6. The lowest BCUT2D eigenvalue weighted by Crippen LogP contribution is -2.46. The first-order valence-electron chi connectivity index (χ1n) is 11.9. The number of ether oxygens (including phenoxy) is 3. The summed E-state index contributed by atoms with van der Waals surface area (Å²) in [5, 5.41) is 0. The van der Waals surface area contributed by atoms with E-state index < -0.39 is 17.9 Å². The van der Waals surface area contributed by atoms with Gasteiger partial charge in [-0.15, -0.1) is 0 Å². The summed E-state index contributed by atoms with van der Waals surface area (Å²) in [5.41, 5.74) is 2.44. The first kappa shape index (κ1) is 26.9. The van der Waals surface area contributed by atoms with Crippen LogP contribution in [0.3, 0.4) is 0 Å². The lowest BCUT2D eigenvalue weighted by molar-refractivity contribution is -0.309. The van der Waals surface area contributed by atoms with Crippen LogP contribution in [-0.4, -0.2) is 17.9 Å². The van der Waals surface area contributed by atoms with Gasteiger partial charge in [0.25, 0.3) is 0 Å². The summed E-state index contributed by atoms with van der Waals surface area (Å²) in [6.07, 6.45) is 6.23. The van der Waals surface area contributed by atoms with Gasteiger partial charge in [0.15, 0.2) is 0 Å². The lowest BCUT2D eigenvalue weighted by atomic mass is 10.1. The van der Waals surface area contributed by atoms with E-state index in [-0.39, 0.29) is 17.6 Å². The number of esters is 2. The van der Waals surface area contributed by atoms with Gasteiger partial charge < -0.3 is 14.2 Å². The van der Waals surface area contributed by atoms with Crippen molar-refractivity contribution in [2.75, 3.05) is 0 Å². The van der Waals surface area contributed by atoms with E-state index in [0.717, 1.165) is 36.8 Å². The quantitative estimate of drug-likeness (QED) is 0.126. The highest BCUT2D eigenvalue weighted by Gasteiger charge is 2.42. The molecule has 2 rings (SSSR count). The van der Waals surface area contributed by atoms with Crippen molar-refractivity contribution in [1.82, 2.24) is 0 Å². The number of carbonyl (C=O) groups is 2. The molecule has 0 aromatic heterocycles. The van der Waals surface area contributed by atoms with Crippen LogP contribution in [0.1, 0.15) is 65.7 Å². The number of benzene rings is 2. The van der Waals surface area contributed by atoms with E-state index in [2.05, 4.69) is 20.1 Å². The van der Waals surface area contributed by atoms with E-state index in [0.29, 0.717) is 12.2 Å². The molecule has 0 bridgehead atoms. The van der Waals surface area contributed by atoms with Crippen molar-refractivity contribution in [2.24, 2.45) is 0 Å². The first-order valence-corrected chi connectivity index (χ1v) is 11.9. The fourth-order valence-electron chi connectivity index (χ4n) is 3.32. The molecule has 2 aromatic carbocycles. The Labute approximate surface area is 203 Å². The van der Waals surface area contributed by atoms with Crippen LogP contribution in [0.5, 0.6) is 5.75 Å². The molecule has 5 heteroatoms. The Bertz CT molecular complexity index is 932. The molecule has 2 aromatic rings. The van der Waals surface area contributed by atoms with Crippen molar-refractivity contribution in [3.8, 4) is 16.9 Å². The van der Waals surface area contributed by atoms with Gasteiger partial charge in [-0.25, -0.2) is 9.59 Å². The molecule has 0 aliphatic carbocycles. The highest BCUT2D eigenvalue weighted by atomic mass is 16.9.